The number of hydrogen-bond acceptors (Lipinski definition) is 4. The molecule has 0 aliphatic heterocycles. The van der Waals surface area contributed by atoms with Gasteiger partial charge in [0.2, 0.25) is 0 Å². The Labute approximate surface area is 91.8 Å². The van der Waals surface area contributed by atoms with Crippen LogP contribution in [0.15, 0.2) is 29.2 Å². The highest BCUT2D eigenvalue weighted by Crippen LogP contribution is 2.16. The molecule has 15 heavy (non-hydrogen) atoms. The van der Waals surface area contributed by atoms with Crippen molar-refractivity contribution < 1.29 is 16.8 Å². The maximum atomic E-state index is 11.4. The van der Waals surface area contributed by atoms with Gasteiger partial charge in [-0.3, -0.25) is 4.21 Å². The first-order chi connectivity index (χ1) is 6.92. The van der Waals surface area contributed by atoms with Gasteiger partial charge in [-0.25, -0.2) is 0 Å². The molecule has 0 aliphatic rings. The summed E-state index contributed by atoms with van der Waals surface area (Å²) in [6, 6.07) is 6.17. The minimum atomic E-state index is -3.49. The lowest BCUT2D eigenvalue weighted by Crippen LogP contribution is -2.05. The molecule has 1 rings (SSSR count). The van der Waals surface area contributed by atoms with E-state index in [1.807, 2.05) is 6.92 Å². The quantitative estimate of drug-likeness (QED) is 0.750. The summed E-state index contributed by atoms with van der Waals surface area (Å²) >= 11 is 0. The highest BCUT2D eigenvalue weighted by Gasteiger charge is 2.05. The normalized spacial score (nSPS) is 13.5. The second kappa shape index (κ2) is 4.76. The topological polar surface area (TPSA) is 60.4 Å². The smallest absolute Gasteiger partial charge is 0.306 e. The van der Waals surface area contributed by atoms with Gasteiger partial charge in [-0.2, -0.15) is 8.42 Å². The van der Waals surface area contributed by atoms with E-state index in [-0.39, 0.29) is 5.75 Å². The summed E-state index contributed by atoms with van der Waals surface area (Å²) in [6.45, 7) is 1.82. The van der Waals surface area contributed by atoms with Crippen LogP contribution in [0.5, 0.6) is 5.75 Å². The van der Waals surface area contributed by atoms with Gasteiger partial charge in [0.1, 0.15) is 5.75 Å². The van der Waals surface area contributed by atoms with Crippen molar-refractivity contribution >= 4 is 20.9 Å². The van der Waals surface area contributed by atoms with Crippen molar-refractivity contribution in [1.82, 2.24) is 0 Å². The molecule has 0 amide bonds. The van der Waals surface area contributed by atoms with Crippen LogP contribution in [0.4, 0.5) is 0 Å². The molecule has 0 aromatic heterocycles. The predicted molar refractivity (Wildman–Crippen MR) is 58.9 cm³/mol. The molecule has 0 bridgehead atoms. The molecule has 1 atom stereocenters. The average molecular weight is 248 g/mol. The standard InChI is InChI=1S/C9H12O4S2/c1-3-14(10)9-6-4-8(5-7-9)13-15(2,11)12/h4-7H,3H2,1-2H3. The fraction of sp³-hybridized carbons (Fsp3) is 0.333. The molecule has 0 aliphatic carbocycles. The summed E-state index contributed by atoms with van der Waals surface area (Å²) in [5.41, 5.74) is 0. The zero-order valence-corrected chi connectivity index (χ0v) is 10.1. The zero-order valence-electron chi connectivity index (χ0n) is 8.47. The lowest BCUT2D eigenvalue weighted by Gasteiger charge is -2.03. The van der Waals surface area contributed by atoms with Gasteiger partial charge in [0.05, 0.1) is 17.1 Å². The third-order valence-electron chi connectivity index (χ3n) is 1.60. The van der Waals surface area contributed by atoms with Crippen molar-refractivity contribution in [2.75, 3.05) is 12.0 Å². The maximum absolute atomic E-state index is 11.4. The molecule has 4 nitrogen and oxygen atoms in total. The van der Waals surface area contributed by atoms with Gasteiger partial charge in [0, 0.05) is 10.6 Å². The molecule has 1 unspecified atom stereocenters. The van der Waals surface area contributed by atoms with Gasteiger partial charge in [-0.05, 0) is 24.3 Å². The highest BCUT2D eigenvalue weighted by molar-refractivity contribution is 7.86. The van der Waals surface area contributed by atoms with E-state index >= 15 is 0 Å². The first-order valence-electron chi connectivity index (χ1n) is 4.30. The lowest BCUT2D eigenvalue weighted by molar-refractivity contribution is 0.493. The van der Waals surface area contributed by atoms with E-state index in [0.717, 1.165) is 6.26 Å². The fourth-order valence-electron chi connectivity index (χ4n) is 0.988. The summed E-state index contributed by atoms with van der Waals surface area (Å²) in [5.74, 6) is 0.765. The van der Waals surface area contributed by atoms with E-state index in [2.05, 4.69) is 4.18 Å². The van der Waals surface area contributed by atoms with Gasteiger partial charge >= 0.3 is 10.1 Å². The Hall–Kier alpha value is -0.880. The van der Waals surface area contributed by atoms with E-state index in [9.17, 15) is 12.6 Å². The summed E-state index contributed by atoms with van der Waals surface area (Å²) in [7, 11) is -4.52. The largest absolute Gasteiger partial charge is 0.383 e. The molecule has 0 fully saturated rings. The van der Waals surface area contributed by atoms with Crippen LogP contribution >= 0.6 is 0 Å². The molecule has 0 heterocycles. The second-order valence-electron chi connectivity index (χ2n) is 2.89. The fourth-order valence-corrected chi connectivity index (χ4v) is 2.22. The van der Waals surface area contributed by atoms with E-state index in [4.69, 9.17) is 0 Å². The Kier molecular flexibility index (Phi) is 3.87. The van der Waals surface area contributed by atoms with Gasteiger partial charge in [-0.1, -0.05) is 6.92 Å². The molecule has 1 aromatic rings. The van der Waals surface area contributed by atoms with E-state index in [1.165, 1.54) is 12.1 Å². The number of hydrogen-bond donors (Lipinski definition) is 0. The first kappa shape index (κ1) is 12.2. The third kappa shape index (κ3) is 4.01. The van der Waals surface area contributed by atoms with Crippen LogP contribution in [0, 0.1) is 0 Å². The van der Waals surface area contributed by atoms with Gasteiger partial charge in [-0.15, -0.1) is 0 Å². The SMILES string of the molecule is CCS(=O)c1ccc(OS(C)(=O)=O)cc1. The van der Waals surface area contributed by atoms with Crippen molar-refractivity contribution in [3.63, 3.8) is 0 Å². The summed E-state index contributed by atoms with van der Waals surface area (Å²) in [6.07, 6.45) is 0.977. The van der Waals surface area contributed by atoms with E-state index in [0.29, 0.717) is 10.6 Å². The molecule has 0 N–H and O–H groups in total. The second-order valence-corrected chi connectivity index (χ2v) is 6.21. The Balaban J connectivity index is 2.86. The van der Waals surface area contributed by atoms with Crippen LogP contribution in [0.2, 0.25) is 0 Å². The molecule has 0 saturated carbocycles. The van der Waals surface area contributed by atoms with E-state index in [1.54, 1.807) is 12.1 Å². The minimum Gasteiger partial charge on any atom is -0.383 e. The molecular weight excluding hydrogens is 236 g/mol. The Morgan fingerprint density at radius 3 is 2.20 bits per heavy atom. The lowest BCUT2D eigenvalue weighted by atomic mass is 10.3. The Morgan fingerprint density at radius 2 is 1.80 bits per heavy atom. The third-order valence-corrected chi connectivity index (χ3v) is 3.41. The first-order valence-corrected chi connectivity index (χ1v) is 7.44. The molecule has 0 spiro atoms. The van der Waals surface area contributed by atoms with Gasteiger partial charge in [0.25, 0.3) is 0 Å². The summed E-state index contributed by atoms with van der Waals surface area (Å²) in [5, 5.41) is 0. The number of benzene rings is 1. The maximum Gasteiger partial charge on any atom is 0.306 e. The molecule has 0 radical (unpaired) electrons. The average Bonchev–Trinajstić information content (AvgIpc) is 2.15. The van der Waals surface area contributed by atoms with E-state index < -0.39 is 20.9 Å². The van der Waals surface area contributed by atoms with Crippen molar-refractivity contribution in [2.45, 2.75) is 11.8 Å². The van der Waals surface area contributed by atoms with Crippen LogP contribution in [0.3, 0.4) is 0 Å². The number of rotatable bonds is 4. The van der Waals surface area contributed by atoms with Crippen molar-refractivity contribution in [3.05, 3.63) is 24.3 Å². The molecule has 1 aromatic carbocycles. The Morgan fingerprint density at radius 1 is 1.27 bits per heavy atom. The van der Waals surface area contributed by atoms with Gasteiger partial charge < -0.3 is 4.18 Å². The van der Waals surface area contributed by atoms with Crippen LogP contribution in [0.25, 0.3) is 0 Å². The summed E-state index contributed by atoms with van der Waals surface area (Å²) in [4.78, 5) is 0.665. The van der Waals surface area contributed by atoms with Crippen LogP contribution in [-0.2, 0) is 20.9 Å². The Bertz CT molecular complexity index is 448. The monoisotopic (exact) mass is 248 g/mol. The molecule has 0 saturated heterocycles. The van der Waals surface area contributed by atoms with Crippen LogP contribution in [-0.4, -0.2) is 24.6 Å². The zero-order chi connectivity index (χ0) is 11.5. The predicted octanol–water partition coefficient (Wildman–Crippen LogP) is 1.15. The van der Waals surface area contributed by atoms with Crippen molar-refractivity contribution in [3.8, 4) is 5.75 Å². The van der Waals surface area contributed by atoms with Crippen LogP contribution < -0.4 is 4.18 Å². The van der Waals surface area contributed by atoms with Crippen molar-refractivity contribution in [1.29, 1.82) is 0 Å². The molecular formula is C9H12O4S2. The van der Waals surface area contributed by atoms with Crippen LogP contribution in [0.1, 0.15) is 6.92 Å². The molecule has 6 heteroatoms. The van der Waals surface area contributed by atoms with Gasteiger partial charge in [0.15, 0.2) is 0 Å². The highest BCUT2D eigenvalue weighted by atomic mass is 32.2. The minimum absolute atomic E-state index is 0.231. The molecule has 84 valence electrons. The van der Waals surface area contributed by atoms with Crippen molar-refractivity contribution in [2.24, 2.45) is 0 Å². The summed E-state index contributed by atoms with van der Waals surface area (Å²) < 4.78 is 37.6.